The number of hydrogen-bond acceptors (Lipinski definition) is 5. The molecule has 3 aliphatic rings. The van der Waals surface area contributed by atoms with E-state index in [1.807, 2.05) is 31.1 Å². The van der Waals surface area contributed by atoms with Crippen LogP contribution < -0.4 is 5.32 Å². The average Bonchev–Trinajstić information content (AvgIpc) is 2.82. The molecule has 200 valence electrons. The number of halogens is 3. The Morgan fingerprint density at radius 2 is 1.92 bits per heavy atom. The van der Waals surface area contributed by atoms with E-state index < -0.39 is 27.9 Å². The fourth-order valence-electron chi connectivity index (χ4n) is 5.51. The van der Waals surface area contributed by atoms with Gasteiger partial charge in [0.1, 0.15) is 0 Å². The fourth-order valence-corrected chi connectivity index (χ4v) is 6.71. The lowest BCUT2D eigenvalue weighted by molar-refractivity contribution is -0.138. The monoisotopic (exact) mass is 527 g/mol. The molecular formula is C26H36F3N3O3S. The minimum Gasteiger partial charge on any atom is -0.381 e. The molecule has 0 saturated carbocycles. The first kappa shape index (κ1) is 27.2. The van der Waals surface area contributed by atoms with Crippen molar-refractivity contribution in [3.05, 3.63) is 53.6 Å². The first-order valence-corrected chi connectivity index (χ1v) is 14.1. The molecule has 0 spiro atoms. The molecule has 4 rings (SSSR count). The van der Waals surface area contributed by atoms with Crippen molar-refractivity contribution in [2.24, 2.45) is 11.8 Å². The molecule has 1 unspecified atom stereocenters. The summed E-state index contributed by atoms with van der Waals surface area (Å²) in [7, 11) is 1.90. The Balaban J connectivity index is 1.55. The molecule has 1 fully saturated rings. The van der Waals surface area contributed by atoms with Crippen LogP contribution in [0, 0.1) is 11.8 Å². The van der Waals surface area contributed by atoms with Gasteiger partial charge in [0.05, 0.1) is 23.5 Å². The molecule has 0 bridgehead atoms. The van der Waals surface area contributed by atoms with E-state index >= 15 is 0 Å². The van der Waals surface area contributed by atoms with Crippen LogP contribution in [0.1, 0.15) is 42.9 Å². The van der Waals surface area contributed by atoms with Crippen molar-refractivity contribution in [2.45, 2.75) is 50.1 Å². The number of fused-ring (bicyclic) bond motifs is 3. The van der Waals surface area contributed by atoms with E-state index in [-0.39, 0.29) is 36.3 Å². The molecule has 6 nitrogen and oxygen atoms in total. The predicted molar refractivity (Wildman–Crippen MR) is 135 cm³/mol. The van der Waals surface area contributed by atoms with Gasteiger partial charge in [-0.3, -0.25) is 0 Å². The maximum Gasteiger partial charge on any atom is 0.416 e. The summed E-state index contributed by atoms with van der Waals surface area (Å²) in [5, 5.41) is 3.51. The van der Waals surface area contributed by atoms with Gasteiger partial charge in [-0.15, -0.1) is 0 Å². The van der Waals surface area contributed by atoms with Gasteiger partial charge in [0.25, 0.3) is 0 Å². The van der Waals surface area contributed by atoms with Crippen LogP contribution in [-0.4, -0.2) is 69.8 Å². The highest BCUT2D eigenvalue weighted by molar-refractivity contribution is 7.89. The van der Waals surface area contributed by atoms with Crippen LogP contribution in [0.3, 0.4) is 0 Å². The summed E-state index contributed by atoms with van der Waals surface area (Å²) in [6, 6.07) is 3.82. The zero-order valence-corrected chi connectivity index (χ0v) is 21.9. The molecule has 1 aromatic rings. The van der Waals surface area contributed by atoms with Crippen molar-refractivity contribution in [1.82, 2.24) is 9.21 Å². The number of alkyl halides is 3. The third kappa shape index (κ3) is 6.15. The van der Waals surface area contributed by atoms with Gasteiger partial charge in [-0.05, 0) is 64.5 Å². The highest BCUT2D eigenvalue weighted by Crippen LogP contribution is 2.49. The Bertz CT molecular complexity index is 1090. The van der Waals surface area contributed by atoms with E-state index in [1.54, 1.807) is 7.05 Å². The molecule has 0 radical (unpaired) electrons. The zero-order chi connectivity index (χ0) is 26.1. The largest absolute Gasteiger partial charge is 0.416 e. The summed E-state index contributed by atoms with van der Waals surface area (Å²) in [6.07, 6.45) is 5.66. The molecule has 0 amide bonds. The van der Waals surface area contributed by atoms with Crippen molar-refractivity contribution >= 4 is 15.7 Å². The minimum absolute atomic E-state index is 0.0135. The number of likely N-dealkylation sites (N-methyl/N-ethyl adjacent to an activating group) is 1. The smallest absolute Gasteiger partial charge is 0.381 e. The normalized spacial score (nSPS) is 28.2. The van der Waals surface area contributed by atoms with Crippen LogP contribution in [0.5, 0.6) is 0 Å². The number of nitrogens with zero attached hydrogens (tertiary/aromatic N) is 2. The second-order valence-electron chi connectivity index (χ2n) is 10.4. The number of allylic oxidation sites excluding steroid dienone is 3. The van der Waals surface area contributed by atoms with Crippen LogP contribution in [0.4, 0.5) is 18.9 Å². The van der Waals surface area contributed by atoms with Crippen molar-refractivity contribution in [1.29, 1.82) is 0 Å². The van der Waals surface area contributed by atoms with Gasteiger partial charge >= 0.3 is 6.18 Å². The number of rotatable bonds is 8. The maximum absolute atomic E-state index is 13.5. The van der Waals surface area contributed by atoms with Crippen molar-refractivity contribution < 1.29 is 26.3 Å². The minimum atomic E-state index is -4.45. The first-order chi connectivity index (χ1) is 17.0. The van der Waals surface area contributed by atoms with Crippen LogP contribution in [0.25, 0.3) is 0 Å². The average molecular weight is 528 g/mol. The molecule has 10 heteroatoms. The molecule has 1 aromatic carbocycles. The second-order valence-corrected chi connectivity index (χ2v) is 12.6. The Morgan fingerprint density at radius 1 is 1.14 bits per heavy atom. The molecule has 1 saturated heterocycles. The molecule has 0 aromatic heterocycles. The highest BCUT2D eigenvalue weighted by Gasteiger charge is 2.45. The first-order valence-electron chi connectivity index (χ1n) is 12.5. The molecule has 1 aliphatic carbocycles. The Labute approximate surface area is 212 Å². The Kier molecular flexibility index (Phi) is 8.19. The summed E-state index contributed by atoms with van der Waals surface area (Å²) >= 11 is 0. The van der Waals surface area contributed by atoms with Gasteiger partial charge in [-0.25, -0.2) is 12.7 Å². The molecule has 36 heavy (non-hydrogen) atoms. The molecule has 5 atom stereocenters. The number of ether oxygens (including phenoxy) is 1. The molecule has 2 aliphatic heterocycles. The number of hydrogen-bond donors (Lipinski definition) is 1. The van der Waals surface area contributed by atoms with E-state index in [1.165, 1.54) is 16.4 Å². The molecular weight excluding hydrogens is 491 g/mol. The Morgan fingerprint density at radius 3 is 2.58 bits per heavy atom. The number of sulfonamides is 1. The van der Waals surface area contributed by atoms with Crippen LogP contribution >= 0.6 is 0 Å². The Hall–Kier alpha value is -1.88. The van der Waals surface area contributed by atoms with Gasteiger partial charge < -0.3 is 15.0 Å². The number of benzene rings is 1. The van der Waals surface area contributed by atoms with Crippen molar-refractivity contribution in [3.63, 3.8) is 0 Å². The third-order valence-electron chi connectivity index (χ3n) is 7.44. The summed E-state index contributed by atoms with van der Waals surface area (Å²) in [5.41, 5.74) is 0.456. The van der Waals surface area contributed by atoms with Gasteiger partial charge in [0.2, 0.25) is 10.0 Å². The van der Waals surface area contributed by atoms with Crippen LogP contribution in [0.2, 0.25) is 0 Å². The van der Waals surface area contributed by atoms with Gasteiger partial charge in [0, 0.05) is 42.7 Å². The van der Waals surface area contributed by atoms with E-state index in [0.29, 0.717) is 30.6 Å². The van der Waals surface area contributed by atoms with Crippen LogP contribution in [-0.2, 0) is 20.9 Å². The van der Waals surface area contributed by atoms with E-state index in [2.05, 4.69) is 17.5 Å². The lowest BCUT2D eigenvalue weighted by Gasteiger charge is -2.48. The standard InChI is InChI=1S/C26H36F3N3O3S/c1-31(2)14-7-15-36(33,34)32(3)17-20-11-12-21-24(18-8-5-4-6-9-18)30-23-13-10-19(26(27,28)29)16-22(23)25(21)35-20/h4-6,8,10,13,16,18,20-21,24-25,30H,7,9,11-12,14-15,17H2,1-3H3/t18?,20-,21+,24+,25+/m1/s1. The summed E-state index contributed by atoms with van der Waals surface area (Å²) in [6.45, 7) is 0.861. The maximum atomic E-state index is 13.5. The van der Waals surface area contributed by atoms with E-state index in [0.717, 1.165) is 18.9 Å². The van der Waals surface area contributed by atoms with Gasteiger partial charge in [-0.1, -0.05) is 24.3 Å². The van der Waals surface area contributed by atoms with Crippen molar-refractivity contribution in [2.75, 3.05) is 45.3 Å². The lowest BCUT2D eigenvalue weighted by atomic mass is 9.73. The van der Waals surface area contributed by atoms with Crippen molar-refractivity contribution in [3.8, 4) is 0 Å². The zero-order valence-electron chi connectivity index (χ0n) is 21.0. The van der Waals surface area contributed by atoms with Crippen LogP contribution in [0.15, 0.2) is 42.5 Å². The highest BCUT2D eigenvalue weighted by atomic mass is 32.2. The predicted octanol–water partition coefficient (Wildman–Crippen LogP) is 4.68. The molecule has 1 N–H and O–H groups in total. The van der Waals surface area contributed by atoms with Gasteiger partial charge in [0.15, 0.2) is 0 Å². The van der Waals surface area contributed by atoms with E-state index in [9.17, 15) is 21.6 Å². The SMILES string of the molecule is CN(C)CCCS(=O)(=O)N(C)C[C@H]1CC[C@@H]2[C@H](O1)c1cc(C(F)(F)F)ccc1N[C@H]2C1C=CC=CC1. The third-order valence-corrected chi connectivity index (χ3v) is 9.34. The van der Waals surface area contributed by atoms with Gasteiger partial charge in [-0.2, -0.15) is 13.2 Å². The van der Waals surface area contributed by atoms with E-state index in [4.69, 9.17) is 4.74 Å². The number of anilines is 1. The quantitative estimate of drug-likeness (QED) is 0.532. The topological polar surface area (TPSA) is 61.9 Å². The summed E-state index contributed by atoms with van der Waals surface area (Å²) in [4.78, 5) is 1.94. The lowest BCUT2D eigenvalue weighted by Crippen LogP contribution is -2.48. The fraction of sp³-hybridized carbons (Fsp3) is 0.615. The summed E-state index contributed by atoms with van der Waals surface area (Å²) in [5.74, 6) is 0.240. The molecule has 2 heterocycles. The number of nitrogens with one attached hydrogen (secondary N) is 1. The second kappa shape index (κ2) is 10.8. The summed E-state index contributed by atoms with van der Waals surface area (Å²) < 4.78 is 73.9.